The van der Waals surface area contributed by atoms with Gasteiger partial charge in [0.1, 0.15) is 5.82 Å². The molecule has 0 fully saturated rings. The summed E-state index contributed by atoms with van der Waals surface area (Å²) >= 11 is 1.81. The summed E-state index contributed by atoms with van der Waals surface area (Å²) in [6, 6.07) is 2.53. The van der Waals surface area contributed by atoms with Crippen molar-refractivity contribution in [2.75, 3.05) is 11.9 Å². The average molecular weight is 234 g/mol. The third kappa shape index (κ3) is 1.43. The first kappa shape index (κ1) is 9.84. The summed E-state index contributed by atoms with van der Waals surface area (Å²) < 4.78 is 2.03. The quantitative estimate of drug-likeness (QED) is 0.823. The number of hydrogen-bond donors (Lipinski definition) is 1. The SMILES string of the molecule is Cc1nc2n(n1)C(c1sccc1C)CCN2. The van der Waals surface area contributed by atoms with E-state index in [1.165, 1.54) is 10.4 Å². The minimum Gasteiger partial charge on any atom is -0.354 e. The second-order valence-corrected chi connectivity index (χ2v) is 5.07. The van der Waals surface area contributed by atoms with E-state index < -0.39 is 0 Å². The second kappa shape index (κ2) is 3.59. The van der Waals surface area contributed by atoms with Crippen LogP contribution in [-0.4, -0.2) is 21.3 Å². The Labute approximate surface area is 98.3 Å². The first-order chi connectivity index (χ1) is 7.75. The minimum absolute atomic E-state index is 0.359. The van der Waals surface area contributed by atoms with Gasteiger partial charge < -0.3 is 5.32 Å². The minimum atomic E-state index is 0.359. The van der Waals surface area contributed by atoms with Gasteiger partial charge in [0.15, 0.2) is 0 Å². The van der Waals surface area contributed by atoms with Crippen molar-refractivity contribution in [1.82, 2.24) is 14.8 Å². The Kier molecular flexibility index (Phi) is 2.21. The number of nitrogens with one attached hydrogen (secondary N) is 1. The molecule has 1 aliphatic heterocycles. The number of aromatic nitrogens is 3. The molecule has 2 aromatic heterocycles. The number of fused-ring (bicyclic) bond motifs is 1. The molecule has 0 radical (unpaired) electrons. The van der Waals surface area contributed by atoms with Gasteiger partial charge in [0.2, 0.25) is 5.95 Å². The van der Waals surface area contributed by atoms with Crippen LogP contribution in [0.1, 0.15) is 28.7 Å². The Hall–Kier alpha value is -1.36. The lowest BCUT2D eigenvalue weighted by molar-refractivity contribution is 0.483. The highest BCUT2D eigenvalue weighted by Crippen LogP contribution is 2.33. The molecule has 0 bridgehead atoms. The van der Waals surface area contributed by atoms with Gasteiger partial charge in [-0.25, -0.2) is 4.68 Å². The number of nitrogens with zero attached hydrogens (tertiary/aromatic N) is 3. The molecule has 2 aromatic rings. The molecule has 1 unspecified atom stereocenters. The molecule has 4 nitrogen and oxygen atoms in total. The number of rotatable bonds is 1. The molecule has 1 aliphatic rings. The van der Waals surface area contributed by atoms with Crippen LogP contribution in [0.2, 0.25) is 0 Å². The van der Waals surface area contributed by atoms with Gasteiger partial charge in [-0.15, -0.1) is 11.3 Å². The number of thiophene rings is 1. The maximum atomic E-state index is 4.48. The summed E-state index contributed by atoms with van der Waals surface area (Å²) in [5.41, 5.74) is 1.36. The highest BCUT2D eigenvalue weighted by atomic mass is 32.1. The molecular formula is C11H14N4S. The first-order valence-corrected chi connectivity index (χ1v) is 6.34. The Bertz CT molecular complexity index is 514. The van der Waals surface area contributed by atoms with Crippen LogP contribution in [0.25, 0.3) is 0 Å². The normalized spacial score (nSPS) is 19.2. The lowest BCUT2D eigenvalue weighted by Crippen LogP contribution is -2.24. The third-order valence-corrected chi connectivity index (χ3v) is 4.06. The summed E-state index contributed by atoms with van der Waals surface area (Å²) in [6.45, 7) is 5.07. The summed E-state index contributed by atoms with van der Waals surface area (Å²) in [5, 5.41) is 9.92. The van der Waals surface area contributed by atoms with Crippen molar-refractivity contribution in [2.45, 2.75) is 26.3 Å². The van der Waals surface area contributed by atoms with Crippen molar-refractivity contribution < 1.29 is 0 Å². The van der Waals surface area contributed by atoms with Gasteiger partial charge in [-0.05, 0) is 37.3 Å². The molecule has 0 saturated heterocycles. The molecule has 5 heteroatoms. The summed E-state index contributed by atoms with van der Waals surface area (Å²) in [4.78, 5) is 5.80. The molecule has 1 N–H and O–H groups in total. The van der Waals surface area contributed by atoms with E-state index in [1.54, 1.807) is 0 Å². The Morgan fingerprint density at radius 2 is 2.38 bits per heavy atom. The topological polar surface area (TPSA) is 42.7 Å². The smallest absolute Gasteiger partial charge is 0.221 e. The van der Waals surface area contributed by atoms with Gasteiger partial charge in [-0.3, -0.25) is 0 Å². The van der Waals surface area contributed by atoms with Crippen molar-refractivity contribution in [3.05, 3.63) is 27.7 Å². The van der Waals surface area contributed by atoms with Crippen molar-refractivity contribution in [2.24, 2.45) is 0 Å². The van der Waals surface area contributed by atoms with Crippen molar-refractivity contribution in [3.8, 4) is 0 Å². The van der Waals surface area contributed by atoms with E-state index in [2.05, 4.69) is 33.8 Å². The van der Waals surface area contributed by atoms with E-state index in [9.17, 15) is 0 Å². The van der Waals surface area contributed by atoms with Gasteiger partial charge in [-0.2, -0.15) is 10.1 Å². The van der Waals surface area contributed by atoms with E-state index in [4.69, 9.17) is 0 Å². The molecule has 0 amide bonds. The van der Waals surface area contributed by atoms with Crippen LogP contribution in [0.4, 0.5) is 5.95 Å². The highest BCUT2D eigenvalue weighted by Gasteiger charge is 2.25. The second-order valence-electron chi connectivity index (χ2n) is 4.13. The predicted octanol–water partition coefficient (Wildman–Crippen LogP) is 2.36. The van der Waals surface area contributed by atoms with Crippen LogP contribution in [0.3, 0.4) is 0 Å². The van der Waals surface area contributed by atoms with Crippen molar-refractivity contribution in [1.29, 1.82) is 0 Å². The van der Waals surface area contributed by atoms with E-state index >= 15 is 0 Å². The molecule has 0 saturated carbocycles. The fourth-order valence-electron chi connectivity index (χ4n) is 2.18. The zero-order chi connectivity index (χ0) is 11.1. The molecule has 0 aliphatic carbocycles. The molecule has 3 rings (SSSR count). The molecule has 16 heavy (non-hydrogen) atoms. The van der Waals surface area contributed by atoms with Gasteiger partial charge in [0, 0.05) is 11.4 Å². The number of hydrogen-bond acceptors (Lipinski definition) is 4. The number of aryl methyl sites for hydroxylation is 2. The van der Waals surface area contributed by atoms with Gasteiger partial charge >= 0.3 is 0 Å². The van der Waals surface area contributed by atoms with Crippen LogP contribution in [0.15, 0.2) is 11.4 Å². The Morgan fingerprint density at radius 3 is 3.12 bits per heavy atom. The van der Waals surface area contributed by atoms with Gasteiger partial charge in [-0.1, -0.05) is 0 Å². The van der Waals surface area contributed by atoms with E-state index in [0.717, 1.165) is 24.7 Å². The molecular weight excluding hydrogens is 220 g/mol. The fourth-order valence-corrected chi connectivity index (χ4v) is 3.23. The largest absolute Gasteiger partial charge is 0.354 e. The van der Waals surface area contributed by atoms with Crippen LogP contribution >= 0.6 is 11.3 Å². The predicted molar refractivity (Wildman–Crippen MR) is 65.1 cm³/mol. The summed E-state index contributed by atoms with van der Waals surface area (Å²) in [7, 11) is 0. The van der Waals surface area contributed by atoms with Crippen LogP contribution in [-0.2, 0) is 0 Å². The third-order valence-electron chi connectivity index (χ3n) is 2.94. The monoisotopic (exact) mass is 234 g/mol. The summed E-state index contributed by atoms with van der Waals surface area (Å²) in [5.74, 6) is 1.74. The lowest BCUT2D eigenvalue weighted by atomic mass is 10.1. The molecule has 3 heterocycles. The van der Waals surface area contributed by atoms with E-state index in [0.29, 0.717) is 6.04 Å². The number of anilines is 1. The molecule has 0 aromatic carbocycles. The maximum Gasteiger partial charge on any atom is 0.221 e. The summed E-state index contributed by atoms with van der Waals surface area (Å²) in [6.07, 6.45) is 1.08. The zero-order valence-electron chi connectivity index (χ0n) is 9.40. The van der Waals surface area contributed by atoms with Crippen LogP contribution in [0, 0.1) is 13.8 Å². The van der Waals surface area contributed by atoms with Crippen molar-refractivity contribution >= 4 is 17.3 Å². The first-order valence-electron chi connectivity index (χ1n) is 5.46. The maximum absolute atomic E-state index is 4.48. The fraction of sp³-hybridized carbons (Fsp3) is 0.455. The molecule has 84 valence electrons. The van der Waals surface area contributed by atoms with Crippen LogP contribution in [0.5, 0.6) is 0 Å². The van der Waals surface area contributed by atoms with Crippen LogP contribution < -0.4 is 5.32 Å². The Balaban J connectivity index is 2.08. The molecule has 0 spiro atoms. The standard InChI is InChI=1S/C11H14N4S/c1-7-4-6-16-10(7)9-3-5-12-11-13-8(2)14-15(9)11/h4,6,9H,3,5H2,1-2H3,(H,12,13,14). The zero-order valence-corrected chi connectivity index (χ0v) is 10.2. The average Bonchev–Trinajstić information content (AvgIpc) is 2.82. The Morgan fingerprint density at radius 1 is 1.50 bits per heavy atom. The van der Waals surface area contributed by atoms with Gasteiger partial charge in [0.05, 0.1) is 6.04 Å². The van der Waals surface area contributed by atoms with E-state index in [1.807, 2.05) is 22.9 Å². The highest BCUT2D eigenvalue weighted by molar-refractivity contribution is 7.10. The van der Waals surface area contributed by atoms with E-state index in [-0.39, 0.29) is 0 Å². The van der Waals surface area contributed by atoms with Crippen molar-refractivity contribution in [3.63, 3.8) is 0 Å². The molecule has 1 atom stereocenters. The lowest BCUT2D eigenvalue weighted by Gasteiger charge is -2.24. The van der Waals surface area contributed by atoms with Gasteiger partial charge in [0.25, 0.3) is 0 Å².